The third kappa shape index (κ3) is 5.37. The summed E-state index contributed by atoms with van der Waals surface area (Å²) in [5, 5.41) is 11.6. The molecule has 1 heterocycles. The van der Waals surface area contributed by atoms with Gasteiger partial charge in [0.15, 0.2) is 0 Å². The summed E-state index contributed by atoms with van der Waals surface area (Å²) in [4.78, 5) is 28.6. The van der Waals surface area contributed by atoms with E-state index in [1.807, 2.05) is 76.2 Å². The number of Topliss-reactive ketones (excluding diaryl/α,β-unsaturated/α-hetero) is 1. The second-order valence-corrected chi connectivity index (χ2v) is 10.2. The average Bonchev–Trinajstić information content (AvgIpc) is 3.13. The Kier molecular flexibility index (Phi) is 7.49. The minimum atomic E-state index is -0.825. The van der Waals surface area contributed by atoms with E-state index in [0.29, 0.717) is 22.8 Å². The zero-order valence-corrected chi connectivity index (χ0v) is 22.6. The van der Waals surface area contributed by atoms with Gasteiger partial charge in [-0.15, -0.1) is 0 Å². The molecule has 38 heavy (non-hydrogen) atoms. The van der Waals surface area contributed by atoms with Gasteiger partial charge in [-0.3, -0.25) is 9.59 Å². The van der Waals surface area contributed by atoms with E-state index in [4.69, 9.17) is 14.2 Å². The Morgan fingerprint density at radius 2 is 1.66 bits per heavy atom. The van der Waals surface area contributed by atoms with Crippen LogP contribution >= 0.6 is 0 Å². The number of hydrogen-bond donors (Lipinski definition) is 1. The molecule has 3 aromatic carbocycles. The molecule has 4 rings (SSSR count). The van der Waals surface area contributed by atoms with Gasteiger partial charge in [0.2, 0.25) is 0 Å². The SMILES string of the molecule is COc1ccc(OC)c(/C(O)=C2\C(=O)C(=O)N(Cc3ccccc3OC(C)(C)C)C2c2cccc(C)c2)c1. The fraction of sp³-hybridized carbons (Fsp3) is 0.290. The van der Waals surface area contributed by atoms with Crippen molar-refractivity contribution in [2.45, 2.75) is 45.9 Å². The molecule has 0 saturated carbocycles. The van der Waals surface area contributed by atoms with Crippen molar-refractivity contribution in [3.8, 4) is 17.2 Å². The van der Waals surface area contributed by atoms with Crippen molar-refractivity contribution in [1.82, 2.24) is 4.90 Å². The van der Waals surface area contributed by atoms with Crippen molar-refractivity contribution in [3.63, 3.8) is 0 Å². The first-order valence-corrected chi connectivity index (χ1v) is 12.4. The number of methoxy groups -OCH3 is 2. The Labute approximate surface area is 223 Å². The number of carbonyl (C=O) groups excluding carboxylic acids is 2. The van der Waals surface area contributed by atoms with Crippen LogP contribution in [0.3, 0.4) is 0 Å². The van der Waals surface area contributed by atoms with E-state index >= 15 is 0 Å². The van der Waals surface area contributed by atoms with Crippen molar-refractivity contribution in [2.24, 2.45) is 0 Å². The van der Waals surface area contributed by atoms with Gasteiger partial charge in [-0.25, -0.2) is 0 Å². The number of nitrogens with zero attached hydrogens (tertiary/aromatic N) is 1. The van der Waals surface area contributed by atoms with E-state index in [1.165, 1.54) is 19.1 Å². The zero-order valence-electron chi connectivity index (χ0n) is 22.6. The highest BCUT2D eigenvalue weighted by Crippen LogP contribution is 2.43. The minimum Gasteiger partial charge on any atom is -0.507 e. The van der Waals surface area contributed by atoms with Gasteiger partial charge in [0.1, 0.15) is 28.6 Å². The molecule has 0 spiro atoms. The predicted molar refractivity (Wildman–Crippen MR) is 145 cm³/mol. The molecule has 1 unspecified atom stereocenters. The smallest absolute Gasteiger partial charge is 0.295 e. The van der Waals surface area contributed by atoms with Crippen LogP contribution in [0.4, 0.5) is 0 Å². The molecular formula is C31H33NO6. The molecule has 1 saturated heterocycles. The predicted octanol–water partition coefficient (Wildman–Crippen LogP) is 5.81. The fourth-order valence-electron chi connectivity index (χ4n) is 4.62. The van der Waals surface area contributed by atoms with Crippen molar-refractivity contribution >= 4 is 17.4 Å². The lowest BCUT2D eigenvalue weighted by molar-refractivity contribution is -0.140. The minimum absolute atomic E-state index is 0.0126. The maximum Gasteiger partial charge on any atom is 0.295 e. The number of likely N-dealkylation sites (tertiary alicyclic amines) is 1. The summed E-state index contributed by atoms with van der Waals surface area (Å²) in [6.45, 7) is 7.90. The molecule has 1 N–H and O–H groups in total. The Morgan fingerprint density at radius 1 is 0.921 bits per heavy atom. The van der Waals surface area contributed by atoms with Gasteiger partial charge in [-0.1, -0.05) is 48.0 Å². The first kappa shape index (κ1) is 26.8. The quantitative estimate of drug-likeness (QED) is 0.243. The summed E-state index contributed by atoms with van der Waals surface area (Å²) < 4.78 is 16.9. The van der Waals surface area contributed by atoms with Gasteiger partial charge in [0.05, 0.1) is 37.9 Å². The fourth-order valence-corrected chi connectivity index (χ4v) is 4.62. The molecule has 0 radical (unpaired) electrons. The monoisotopic (exact) mass is 515 g/mol. The van der Waals surface area contributed by atoms with E-state index < -0.39 is 23.3 Å². The van der Waals surface area contributed by atoms with E-state index in [-0.39, 0.29) is 23.4 Å². The van der Waals surface area contributed by atoms with E-state index in [1.54, 1.807) is 18.2 Å². The molecule has 1 fully saturated rings. The number of rotatable bonds is 7. The van der Waals surface area contributed by atoms with E-state index in [9.17, 15) is 14.7 Å². The number of aliphatic hydroxyl groups is 1. The second-order valence-electron chi connectivity index (χ2n) is 10.2. The van der Waals surface area contributed by atoms with Crippen LogP contribution in [0.5, 0.6) is 17.2 Å². The van der Waals surface area contributed by atoms with Crippen LogP contribution in [0.25, 0.3) is 5.76 Å². The molecule has 1 atom stereocenters. The molecule has 1 aliphatic heterocycles. The zero-order chi connectivity index (χ0) is 27.6. The van der Waals surface area contributed by atoms with Crippen molar-refractivity contribution in [3.05, 3.63) is 94.6 Å². The van der Waals surface area contributed by atoms with Crippen LogP contribution in [0, 0.1) is 6.92 Å². The highest BCUT2D eigenvalue weighted by molar-refractivity contribution is 6.46. The van der Waals surface area contributed by atoms with Gasteiger partial charge < -0.3 is 24.2 Å². The molecule has 0 aromatic heterocycles. The number of ether oxygens (including phenoxy) is 3. The summed E-state index contributed by atoms with van der Waals surface area (Å²) in [5.74, 6) is -0.353. The van der Waals surface area contributed by atoms with Crippen LogP contribution < -0.4 is 14.2 Å². The number of aryl methyl sites for hydroxylation is 1. The van der Waals surface area contributed by atoms with E-state index in [0.717, 1.165) is 11.1 Å². The number of para-hydroxylation sites is 1. The second kappa shape index (κ2) is 10.6. The average molecular weight is 516 g/mol. The molecule has 0 bridgehead atoms. The van der Waals surface area contributed by atoms with Gasteiger partial charge in [0, 0.05) is 5.56 Å². The molecule has 1 aliphatic rings. The highest BCUT2D eigenvalue weighted by atomic mass is 16.5. The molecular weight excluding hydrogens is 482 g/mol. The lowest BCUT2D eigenvalue weighted by atomic mass is 9.94. The summed E-state index contributed by atoms with van der Waals surface area (Å²) >= 11 is 0. The number of amides is 1. The van der Waals surface area contributed by atoms with Gasteiger partial charge in [-0.2, -0.15) is 0 Å². The number of carbonyl (C=O) groups is 2. The van der Waals surface area contributed by atoms with Gasteiger partial charge in [-0.05, 0) is 57.5 Å². The first-order chi connectivity index (χ1) is 18.0. The highest BCUT2D eigenvalue weighted by Gasteiger charge is 2.46. The third-order valence-corrected chi connectivity index (χ3v) is 6.29. The Hall–Kier alpha value is -4.26. The summed E-state index contributed by atoms with van der Waals surface area (Å²) in [5.41, 5.74) is 2.22. The number of benzene rings is 3. The number of ketones is 1. The van der Waals surface area contributed by atoms with Crippen LogP contribution in [0.15, 0.2) is 72.3 Å². The molecule has 7 nitrogen and oxygen atoms in total. The molecule has 1 amide bonds. The van der Waals surface area contributed by atoms with Crippen LogP contribution in [0.1, 0.15) is 49.1 Å². The lowest BCUT2D eigenvalue weighted by Crippen LogP contribution is -2.30. The maximum atomic E-state index is 13.5. The maximum absolute atomic E-state index is 13.5. The standard InChI is InChI=1S/C31H33NO6/c1-19-10-9-12-20(16-19)27-26(28(33)23-17-22(36-5)14-15-25(23)37-6)29(34)30(35)32(27)18-21-11-7-8-13-24(21)38-31(2,3)4/h7-17,27,33H,18H2,1-6H3/b28-26+. The third-order valence-electron chi connectivity index (χ3n) is 6.29. The van der Waals surface area contributed by atoms with Crippen molar-refractivity contribution in [1.29, 1.82) is 0 Å². The summed E-state index contributed by atoms with van der Waals surface area (Å²) in [6, 6.07) is 19.1. The lowest BCUT2D eigenvalue weighted by Gasteiger charge is -2.28. The number of hydrogen-bond acceptors (Lipinski definition) is 6. The van der Waals surface area contributed by atoms with Gasteiger partial charge >= 0.3 is 0 Å². The topological polar surface area (TPSA) is 85.3 Å². The van der Waals surface area contributed by atoms with E-state index in [2.05, 4.69) is 0 Å². The van der Waals surface area contributed by atoms with Crippen molar-refractivity contribution in [2.75, 3.05) is 14.2 Å². The largest absolute Gasteiger partial charge is 0.507 e. The normalized spacial score (nSPS) is 17.0. The molecule has 0 aliphatic carbocycles. The summed E-state index contributed by atoms with van der Waals surface area (Å²) in [6.07, 6.45) is 0. The number of aliphatic hydroxyl groups excluding tert-OH is 1. The molecule has 3 aromatic rings. The molecule has 7 heteroatoms. The first-order valence-electron chi connectivity index (χ1n) is 12.4. The van der Waals surface area contributed by atoms with Crippen LogP contribution in [-0.4, -0.2) is 41.5 Å². The Bertz CT molecular complexity index is 1400. The Balaban J connectivity index is 1.90. The van der Waals surface area contributed by atoms with Crippen molar-refractivity contribution < 1.29 is 28.9 Å². The Morgan fingerprint density at radius 3 is 2.32 bits per heavy atom. The van der Waals surface area contributed by atoms with Gasteiger partial charge in [0.25, 0.3) is 11.7 Å². The summed E-state index contributed by atoms with van der Waals surface area (Å²) in [7, 11) is 2.98. The van der Waals surface area contributed by atoms with Crippen LogP contribution in [0.2, 0.25) is 0 Å². The van der Waals surface area contributed by atoms with Crippen LogP contribution in [-0.2, 0) is 16.1 Å². The molecule has 198 valence electrons.